The molecule has 0 atom stereocenters. The van der Waals surface area contributed by atoms with Crippen molar-refractivity contribution in [2.45, 2.75) is 31.3 Å². The number of nitrogens with zero attached hydrogens (tertiary/aromatic N) is 2. The predicted molar refractivity (Wildman–Crippen MR) is 96.6 cm³/mol. The lowest BCUT2D eigenvalue weighted by atomic mass is 10.2. The molecule has 0 aliphatic carbocycles. The van der Waals surface area contributed by atoms with Gasteiger partial charge in [0.1, 0.15) is 5.60 Å². The minimum absolute atomic E-state index is 0.260. The van der Waals surface area contributed by atoms with E-state index in [1.54, 1.807) is 18.7 Å². The first-order valence-corrected chi connectivity index (χ1v) is 8.64. The van der Waals surface area contributed by atoms with Gasteiger partial charge in [-0.15, -0.1) is 0 Å². The smallest absolute Gasteiger partial charge is 0.410 e. The molecular weight excluding hydrogens is 340 g/mol. The fraction of sp³-hybridized carbons (Fsp3) is 0.353. The number of likely N-dealkylation sites (tertiary alicyclic amines) is 1. The van der Waals surface area contributed by atoms with Crippen molar-refractivity contribution >= 4 is 34.9 Å². The molecule has 8 heteroatoms. The molecule has 0 radical (unpaired) electrons. The first-order chi connectivity index (χ1) is 11.8. The van der Waals surface area contributed by atoms with Crippen LogP contribution in [0.4, 0.5) is 4.79 Å². The molecule has 1 aliphatic rings. The maximum absolute atomic E-state index is 12.1. The Hall–Kier alpha value is -2.48. The first-order valence-electron chi connectivity index (χ1n) is 7.82. The van der Waals surface area contributed by atoms with Crippen LogP contribution in [0.1, 0.15) is 20.8 Å². The Kier molecular flexibility index (Phi) is 4.71. The van der Waals surface area contributed by atoms with Crippen molar-refractivity contribution < 1.29 is 13.9 Å². The SMILES string of the molecule is CC(C)(C)OC(=O)N1CC(=N)/C(=C\NSc2cnc3occc3c2)C1. The molecule has 0 aromatic carbocycles. The topological polar surface area (TPSA) is 91.5 Å². The quantitative estimate of drug-likeness (QED) is 0.813. The third-order valence-electron chi connectivity index (χ3n) is 3.44. The molecule has 1 saturated heterocycles. The van der Waals surface area contributed by atoms with Crippen molar-refractivity contribution in [3.05, 3.63) is 36.4 Å². The number of rotatable bonds is 3. The number of ether oxygens (including phenoxy) is 1. The van der Waals surface area contributed by atoms with Gasteiger partial charge in [0.2, 0.25) is 5.71 Å². The van der Waals surface area contributed by atoms with Crippen molar-refractivity contribution in [1.82, 2.24) is 14.6 Å². The van der Waals surface area contributed by atoms with Gasteiger partial charge in [0.25, 0.3) is 0 Å². The number of pyridine rings is 1. The van der Waals surface area contributed by atoms with Gasteiger partial charge in [-0.2, -0.15) is 0 Å². The van der Waals surface area contributed by atoms with E-state index in [4.69, 9.17) is 14.6 Å². The van der Waals surface area contributed by atoms with Crippen molar-refractivity contribution in [1.29, 1.82) is 5.41 Å². The second-order valence-electron chi connectivity index (χ2n) is 6.69. The summed E-state index contributed by atoms with van der Waals surface area (Å²) < 4.78 is 13.7. The summed E-state index contributed by atoms with van der Waals surface area (Å²) in [5.41, 5.74) is 1.23. The summed E-state index contributed by atoms with van der Waals surface area (Å²) in [6.07, 6.45) is 4.67. The van der Waals surface area contributed by atoms with E-state index < -0.39 is 11.7 Å². The van der Waals surface area contributed by atoms with E-state index in [2.05, 4.69) is 9.71 Å². The maximum atomic E-state index is 12.1. The van der Waals surface area contributed by atoms with Gasteiger partial charge in [-0.05, 0) is 44.9 Å². The number of hydrogen-bond acceptors (Lipinski definition) is 7. The highest BCUT2D eigenvalue weighted by molar-refractivity contribution is 7.97. The van der Waals surface area contributed by atoms with Crippen LogP contribution in [-0.2, 0) is 4.74 Å². The van der Waals surface area contributed by atoms with Crippen LogP contribution in [0.2, 0.25) is 0 Å². The summed E-state index contributed by atoms with van der Waals surface area (Å²) in [5.74, 6) is 0. The lowest BCUT2D eigenvalue weighted by molar-refractivity contribution is 0.0309. The van der Waals surface area contributed by atoms with E-state index in [1.165, 1.54) is 16.8 Å². The van der Waals surface area contributed by atoms with Crippen LogP contribution in [-0.4, -0.2) is 40.4 Å². The second-order valence-corrected chi connectivity index (χ2v) is 7.60. The number of carbonyl (C=O) groups is 1. The highest BCUT2D eigenvalue weighted by Crippen LogP contribution is 2.21. The van der Waals surface area contributed by atoms with Gasteiger partial charge in [-0.1, -0.05) is 0 Å². The van der Waals surface area contributed by atoms with Gasteiger partial charge in [0.15, 0.2) is 0 Å². The van der Waals surface area contributed by atoms with Crippen LogP contribution in [0.5, 0.6) is 0 Å². The summed E-state index contributed by atoms with van der Waals surface area (Å²) in [6.45, 7) is 6.10. The van der Waals surface area contributed by atoms with Crippen molar-refractivity contribution in [3.8, 4) is 0 Å². The zero-order valence-electron chi connectivity index (χ0n) is 14.3. The van der Waals surface area contributed by atoms with Crippen LogP contribution in [0.3, 0.4) is 0 Å². The van der Waals surface area contributed by atoms with Crippen LogP contribution >= 0.6 is 11.9 Å². The second kappa shape index (κ2) is 6.79. The van der Waals surface area contributed by atoms with E-state index in [0.717, 1.165) is 15.9 Å². The molecule has 3 rings (SSSR count). The van der Waals surface area contributed by atoms with Gasteiger partial charge < -0.3 is 19.3 Å². The Balaban J connectivity index is 1.58. The van der Waals surface area contributed by atoms with Gasteiger partial charge in [0, 0.05) is 28.3 Å². The predicted octanol–water partition coefficient (Wildman–Crippen LogP) is 3.58. The normalized spacial score (nSPS) is 16.7. The molecule has 3 heterocycles. The fourth-order valence-corrected chi connectivity index (χ4v) is 2.93. The van der Waals surface area contributed by atoms with E-state index >= 15 is 0 Å². The van der Waals surface area contributed by atoms with Gasteiger partial charge in [0.05, 0.1) is 25.1 Å². The Morgan fingerprint density at radius 2 is 2.28 bits per heavy atom. The lowest BCUT2D eigenvalue weighted by Crippen LogP contribution is -2.35. The number of amides is 1. The Labute approximate surface area is 150 Å². The highest BCUT2D eigenvalue weighted by atomic mass is 32.2. The first kappa shape index (κ1) is 17.3. The molecule has 2 aromatic heterocycles. The summed E-state index contributed by atoms with van der Waals surface area (Å²) >= 11 is 1.39. The Morgan fingerprint density at radius 1 is 1.48 bits per heavy atom. The molecule has 1 fully saturated rings. The van der Waals surface area contributed by atoms with Gasteiger partial charge in [-0.3, -0.25) is 4.90 Å². The summed E-state index contributed by atoms with van der Waals surface area (Å²) in [5, 5.41) is 8.97. The van der Waals surface area contributed by atoms with E-state index in [1.807, 2.05) is 32.9 Å². The molecule has 132 valence electrons. The number of hydrogen-bond donors (Lipinski definition) is 2. The molecule has 1 aliphatic heterocycles. The zero-order valence-corrected chi connectivity index (χ0v) is 15.1. The number of carbonyl (C=O) groups excluding carboxylic acids is 1. The van der Waals surface area contributed by atoms with E-state index in [0.29, 0.717) is 18.0 Å². The molecule has 7 nitrogen and oxygen atoms in total. The monoisotopic (exact) mass is 360 g/mol. The molecule has 0 unspecified atom stereocenters. The summed E-state index contributed by atoms with van der Waals surface area (Å²) in [7, 11) is 0. The standard InChI is InChI=1S/C17H20N4O3S/c1-17(2,3)24-16(22)21-9-12(14(18)10-21)7-20-25-13-6-11-4-5-23-15(11)19-8-13/h4-8,18,20H,9-10H2,1-3H3/b12-7-,18-14?. The lowest BCUT2D eigenvalue weighted by Gasteiger charge is -2.23. The zero-order chi connectivity index (χ0) is 18.0. The molecule has 0 saturated carbocycles. The summed E-state index contributed by atoms with van der Waals surface area (Å²) in [4.78, 5) is 18.7. The van der Waals surface area contributed by atoms with Crippen LogP contribution in [0.15, 0.2) is 45.7 Å². The average molecular weight is 360 g/mol. The van der Waals surface area contributed by atoms with Crippen LogP contribution in [0.25, 0.3) is 11.1 Å². The van der Waals surface area contributed by atoms with E-state index in [-0.39, 0.29) is 6.54 Å². The van der Waals surface area contributed by atoms with Gasteiger partial charge in [-0.25, -0.2) is 9.78 Å². The molecule has 1 amide bonds. The van der Waals surface area contributed by atoms with Crippen molar-refractivity contribution in [3.63, 3.8) is 0 Å². The van der Waals surface area contributed by atoms with Crippen molar-refractivity contribution in [2.24, 2.45) is 0 Å². The van der Waals surface area contributed by atoms with Gasteiger partial charge >= 0.3 is 6.09 Å². The molecule has 0 spiro atoms. The molecular formula is C17H20N4O3S. The number of furan rings is 1. The molecule has 25 heavy (non-hydrogen) atoms. The number of fused-ring (bicyclic) bond motifs is 1. The molecule has 0 bridgehead atoms. The third-order valence-corrected chi connectivity index (χ3v) is 4.14. The van der Waals surface area contributed by atoms with Crippen LogP contribution in [0, 0.1) is 5.41 Å². The average Bonchev–Trinajstić information content (AvgIpc) is 3.12. The highest BCUT2D eigenvalue weighted by Gasteiger charge is 2.29. The number of nitrogens with one attached hydrogen (secondary N) is 2. The Morgan fingerprint density at radius 3 is 3.04 bits per heavy atom. The summed E-state index contributed by atoms with van der Waals surface area (Å²) in [6, 6.07) is 3.82. The largest absolute Gasteiger partial charge is 0.446 e. The molecule has 2 aromatic rings. The molecule has 2 N–H and O–H groups in total. The maximum Gasteiger partial charge on any atom is 0.410 e. The Bertz CT molecular complexity index is 838. The minimum atomic E-state index is -0.543. The van der Waals surface area contributed by atoms with E-state index in [9.17, 15) is 4.79 Å². The number of aromatic nitrogens is 1. The minimum Gasteiger partial charge on any atom is -0.446 e. The van der Waals surface area contributed by atoms with Crippen LogP contribution < -0.4 is 4.72 Å². The van der Waals surface area contributed by atoms with Crippen molar-refractivity contribution in [2.75, 3.05) is 13.1 Å². The third kappa shape index (κ3) is 4.33. The fourth-order valence-electron chi connectivity index (χ4n) is 2.30.